The van der Waals surface area contributed by atoms with Crippen molar-refractivity contribution in [3.63, 3.8) is 0 Å². The van der Waals surface area contributed by atoms with Crippen molar-refractivity contribution in [1.29, 1.82) is 0 Å². The molecule has 0 saturated carbocycles. The molecule has 0 aliphatic rings. The van der Waals surface area contributed by atoms with Crippen LogP contribution in [0.2, 0.25) is 0 Å². The van der Waals surface area contributed by atoms with E-state index in [2.05, 4.69) is 5.32 Å². The Morgan fingerprint density at radius 2 is 1.81 bits per heavy atom. The summed E-state index contributed by atoms with van der Waals surface area (Å²) in [6, 6.07) is 9.37. The van der Waals surface area contributed by atoms with Crippen LogP contribution >= 0.6 is 11.3 Å². The topological polar surface area (TPSA) is 72.5 Å². The van der Waals surface area contributed by atoms with Crippen molar-refractivity contribution in [3.8, 4) is 0 Å². The molecular weight excluding hydrogens is 350 g/mol. The van der Waals surface area contributed by atoms with Gasteiger partial charge in [0.1, 0.15) is 0 Å². The molecule has 1 aromatic heterocycles. The van der Waals surface area contributed by atoms with Gasteiger partial charge < -0.3 is 10.1 Å². The lowest BCUT2D eigenvalue weighted by Gasteiger charge is -2.15. The number of thiophene rings is 1. The molecule has 6 heteroatoms. The van der Waals surface area contributed by atoms with Gasteiger partial charge in [0.2, 0.25) is 0 Å². The second-order valence-corrected chi connectivity index (χ2v) is 7.56. The summed E-state index contributed by atoms with van der Waals surface area (Å²) in [6.07, 6.45) is -0.900. The van der Waals surface area contributed by atoms with Crippen molar-refractivity contribution in [2.45, 2.75) is 46.6 Å². The molecule has 0 saturated heterocycles. The Labute approximate surface area is 157 Å². The Morgan fingerprint density at radius 3 is 2.46 bits per heavy atom. The van der Waals surface area contributed by atoms with Crippen LogP contribution in [-0.4, -0.2) is 23.8 Å². The number of amides is 1. The Bertz CT molecular complexity index is 825. The molecule has 1 atom stereocenters. The van der Waals surface area contributed by atoms with Crippen LogP contribution in [0.1, 0.15) is 45.4 Å². The van der Waals surface area contributed by atoms with Gasteiger partial charge in [-0.15, -0.1) is 11.3 Å². The first-order valence-corrected chi connectivity index (χ1v) is 9.25. The van der Waals surface area contributed by atoms with E-state index in [1.807, 2.05) is 45.0 Å². The van der Waals surface area contributed by atoms with Gasteiger partial charge in [-0.3, -0.25) is 14.4 Å². The Kier molecular flexibility index (Phi) is 6.69. The van der Waals surface area contributed by atoms with Gasteiger partial charge in [-0.2, -0.15) is 0 Å². The van der Waals surface area contributed by atoms with Crippen LogP contribution in [0.5, 0.6) is 0 Å². The smallest absolute Gasteiger partial charge is 0.307 e. The molecule has 0 spiro atoms. The third-order valence-corrected chi connectivity index (χ3v) is 4.94. The highest BCUT2D eigenvalue weighted by Crippen LogP contribution is 2.18. The van der Waals surface area contributed by atoms with Crippen LogP contribution in [0, 0.1) is 20.8 Å². The van der Waals surface area contributed by atoms with Crippen LogP contribution in [0.3, 0.4) is 0 Å². The van der Waals surface area contributed by atoms with Gasteiger partial charge in [0.15, 0.2) is 11.9 Å². The summed E-state index contributed by atoms with van der Waals surface area (Å²) in [5.41, 5.74) is 2.65. The summed E-state index contributed by atoms with van der Waals surface area (Å²) >= 11 is 1.40. The number of hydrogen-bond acceptors (Lipinski definition) is 5. The van der Waals surface area contributed by atoms with E-state index in [1.54, 1.807) is 6.07 Å². The summed E-state index contributed by atoms with van der Waals surface area (Å²) in [5.74, 6) is -1.05. The van der Waals surface area contributed by atoms with Crippen LogP contribution in [0.4, 0.5) is 5.69 Å². The van der Waals surface area contributed by atoms with Gasteiger partial charge in [-0.05, 0) is 57.0 Å². The highest BCUT2D eigenvalue weighted by atomic mass is 32.1. The first-order chi connectivity index (χ1) is 12.3. The minimum Gasteiger partial charge on any atom is -0.453 e. The number of benzene rings is 1. The molecule has 1 aromatic carbocycles. The average molecular weight is 373 g/mol. The predicted octanol–water partition coefficient (Wildman–Crippen LogP) is 4.21. The second-order valence-electron chi connectivity index (χ2n) is 6.27. The van der Waals surface area contributed by atoms with E-state index < -0.39 is 18.0 Å². The van der Waals surface area contributed by atoms with Crippen LogP contribution in [-0.2, 0) is 14.3 Å². The standard InChI is InChI=1S/C20H23NO4S/c1-12-5-6-13(2)16(11-12)21-20(24)15(4)25-19(23)10-8-17(22)18-9-7-14(3)26-18/h5-7,9,11,15H,8,10H2,1-4H3,(H,21,24)/t15-/m0/s1. The zero-order valence-electron chi connectivity index (χ0n) is 15.4. The number of aryl methyl sites for hydroxylation is 3. The van der Waals surface area contributed by atoms with Crippen molar-refractivity contribution < 1.29 is 19.1 Å². The van der Waals surface area contributed by atoms with Gasteiger partial charge in [0.25, 0.3) is 5.91 Å². The molecule has 2 rings (SSSR count). The maximum Gasteiger partial charge on any atom is 0.307 e. The quantitative estimate of drug-likeness (QED) is 0.583. The number of ether oxygens (including phenoxy) is 1. The van der Waals surface area contributed by atoms with Gasteiger partial charge >= 0.3 is 5.97 Å². The number of nitrogens with one attached hydrogen (secondary N) is 1. The molecule has 138 valence electrons. The molecule has 0 bridgehead atoms. The molecule has 1 heterocycles. The number of Topliss-reactive ketones (excluding diaryl/α,β-unsaturated/α-hetero) is 1. The maximum absolute atomic E-state index is 12.2. The van der Waals surface area contributed by atoms with Gasteiger partial charge in [-0.25, -0.2) is 0 Å². The van der Waals surface area contributed by atoms with E-state index >= 15 is 0 Å². The van der Waals surface area contributed by atoms with Crippen LogP contribution in [0.25, 0.3) is 0 Å². The van der Waals surface area contributed by atoms with Crippen molar-refractivity contribution in [2.24, 2.45) is 0 Å². The lowest BCUT2D eigenvalue weighted by Crippen LogP contribution is -2.30. The Morgan fingerprint density at radius 1 is 1.08 bits per heavy atom. The molecule has 0 radical (unpaired) electrons. The van der Waals surface area contributed by atoms with Gasteiger partial charge in [0, 0.05) is 17.0 Å². The predicted molar refractivity (Wildman–Crippen MR) is 103 cm³/mol. The number of hydrogen-bond donors (Lipinski definition) is 1. The number of ketones is 1. The SMILES string of the molecule is Cc1ccc(C)c(NC(=O)[C@H](C)OC(=O)CCC(=O)c2ccc(C)s2)c1. The fourth-order valence-electron chi connectivity index (χ4n) is 2.34. The molecule has 2 aromatic rings. The van der Waals surface area contributed by atoms with E-state index in [9.17, 15) is 14.4 Å². The summed E-state index contributed by atoms with van der Waals surface area (Å²) < 4.78 is 5.15. The van der Waals surface area contributed by atoms with E-state index in [0.717, 1.165) is 16.0 Å². The molecular formula is C20H23NO4S. The Hall–Kier alpha value is -2.47. The summed E-state index contributed by atoms with van der Waals surface area (Å²) in [4.78, 5) is 37.8. The van der Waals surface area contributed by atoms with Crippen LogP contribution < -0.4 is 5.32 Å². The molecule has 5 nitrogen and oxygen atoms in total. The van der Waals surface area contributed by atoms with Crippen molar-refractivity contribution >= 4 is 34.7 Å². The lowest BCUT2D eigenvalue weighted by atomic mass is 10.1. The van der Waals surface area contributed by atoms with E-state index in [4.69, 9.17) is 4.74 Å². The van der Waals surface area contributed by atoms with Crippen LogP contribution in [0.15, 0.2) is 30.3 Å². The van der Waals surface area contributed by atoms with Crippen molar-refractivity contribution in [1.82, 2.24) is 0 Å². The molecule has 0 aliphatic heterocycles. The molecule has 1 N–H and O–H groups in total. The number of rotatable bonds is 7. The normalized spacial score (nSPS) is 11.7. The van der Waals surface area contributed by atoms with Gasteiger partial charge in [-0.1, -0.05) is 12.1 Å². The third-order valence-electron chi connectivity index (χ3n) is 3.90. The van der Waals surface area contributed by atoms with E-state index in [0.29, 0.717) is 10.6 Å². The van der Waals surface area contributed by atoms with Gasteiger partial charge in [0.05, 0.1) is 11.3 Å². The number of anilines is 1. The number of carbonyl (C=O) groups is 3. The Balaban J connectivity index is 1.83. The average Bonchev–Trinajstić information content (AvgIpc) is 3.02. The zero-order valence-corrected chi connectivity index (χ0v) is 16.2. The fourth-order valence-corrected chi connectivity index (χ4v) is 3.17. The molecule has 26 heavy (non-hydrogen) atoms. The highest BCUT2D eigenvalue weighted by Gasteiger charge is 2.19. The van der Waals surface area contributed by atoms with E-state index in [-0.39, 0.29) is 18.6 Å². The van der Waals surface area contributed by atoms with Crippen molar-refractivity contribution in [2.75, 3.05) is 5.32 Å². The molecule has 0 fully saturated rings. The molecule has 0 aliphatic carbocycles. The van der Waals surface area contributed by atoms with E-state index in [1.165, 1.54) is 18.3 Å². The number of esters is 1. The lowest BCUT2D eigenvalue weighted by molar-refractivity contribution is -0.153. The summed E-state index contributed by atoms with van der Waals surface area (Å²) in [6.45, 7) is 7.27. The number of carbonyl (C=O) groups excluding carboxylic acids is 3. The minimum atomic E-state index is -0.929. The second kappa shape index (κ2) is 8.76. The largest absolute Gasteiger partial charge is 0.453 e. The van der Waals surface area contributed by atoms with Crippen molar-refractivity contribution in [3.05, 3.63) is 51.2 Å². The summed E-state index contributed by atoms with van der Waals surface area (Å²) in [5, 5.41) is 2.77. The highest BCUT2D eigenvalue weighted by molar-refractivity contribution is 7.14. The fraction of sp³-hybridized carbons (Fsp3) is 0.350. The molecule has 0 unspecified atom stereocenters. The minimum absolute atomic E-state index is 0.0448. The maximum atomic E-state index is 12.2. The first-order valence-electron chi connectivity index (χ1n) is 8.43. The zero-order chi connectivity index (χ0) is 19.3. The molecule has 1 amide bonds. The monoisotopic (exact) mass is 373 g/mol. The third kappa shape index (κ3) is 5.52. The summed E-state index contributed by atoms with van der Waals surface area (Å²) in [7, 11) is 0. The first kappa shape index (κ1) is 19.8.